The smallest absolute Gasteiger partial charge is 0.142 e. The zero-order valence-corrected chi connectivity index (χ0v) is 9.71. The van der Waals surface area contributed by atoms with Crippen LogP contribution in [0.3, 0.4) is 0 Å². The van der Waals surface area contributed by atoms with Crippen molar-refractivity contribution in [2.75, 3.05) is 37.2 Å². The van der Waals surface area contributed by atoms with Crippen molar-refractivity contribution in [3.8, 4) is 0 Å². The number of anilines is 2. The number of nitrogens with one attached hydrogen (secondary N) is 2. The van der Waals surface area contributed by atoms with Crippen LogP contribution in [0.25, 0.3) is 0 Å². The van der Waals surface area contributed by atoms with Gasteiger partial charge in [0.25, 0.3) is 0 Å². The maximum Gasteiger partial charge on any atom is 0.142 e. The lowest BCUT2D eigenvalue weighted by Crippen LogP contribution is -2.30. The topological polar surface area (TPSA) is 70.0 Å². The number of aromatic nitrogens is 2. The Labute approximate surface area is 96.4 Å². The van der Waals surface area contributed by atoms with E-state index < -0.39 is 0 Å². The molecule has 90 valence electrons. The number of likely N-dealkylation sites (tertiary alicyclic amines) is 1. The third kappa shape index (κ3) is 3.13. The van der Waals surface area contributed by atoms with Crippen LogP contribution in [0.1, 0.15) is 25.7 Å². The minimum Gasteiger partial charge on any atom is -0.382 e. The molecule has 2 rings (SSSR count). The quantitative estimate of drug-likeness (QED) is 0.719. The van der Waals surface area contributed by atoms with E-state index in [4.69, 9.17) is 5.73 Å². The van der Waals surface area contributed by atoms with Crippen molar-refractivity contribution in [2.24, 2.45) is 0 Å². The Kier molecular flexibility index (Phi) is 4.04. The van der Waals surface area contributed by atoms with Gasteiger partial charge < -0.3 is 16.0 Å². The molecule has 1 saturated heterocycles. The monoisotopic (exact) mass is 223 g/mol. The highest BCUT2D eigenvalue weighted by molar-refractivity contribution is 5.59. The Bertz CT molecular complexity index is 301. The minimum atomic E-state index is 0.621. The minimum absolute atomic E-state index is 0.621. The normalized spacial score (nSPS) is 18.2. The molecule has 0 amide bonds. The highest BCUT2D eigenvalue weighted by Gasteiger charge is 2.08. The molecule has 5 heteroatoms. The van der Waals surface area contributed by atoms with Gasteiger partial charge in [-0.25, -0.2) is 0 Å². The maximum absolute atomic E-state index is 5.69. The van der Waals surface area contributed by atoms with Crippen LogP contribution in [0.4, 0.5) is 11.5 Å². The number of nitrogens with two attached hydrogens (primary N) is 1. The van der Waals surface area contributed by atoms with Crippen molar-refractivity contribution in [1.82, 2.24) is 15.1 Å². The van der Waals surface area contributed by atoms with Crippen molar-refractivity contribution < 1.29 is 0 Å². The molecule has 16 heavy (non-hydrogen) atoms. The summed E-state index contributed by atoms with van der Waals surface area (Å²) in [6.07, 6.45) is 7.19. The number of nitrogen functional groups attached to an aromatic ring is 1. The van der Waals surface area contributed by atoms with Crippen LogP contribution >= 0.6 is 0 Å². The average molecular weight is 223 g/mol. The maximum atomic E-state index is 5.69. The third-order valence-corrected chi connectivity index (χ3v) is 3.11. The first-order chi connectivity index (χ1) is 7.86. The molecule has 0 spiro atoms. The fourth-order valence-corrected chi connectivity index (χ4v) is 2.15. The molecule has 1 aromatic heterocycles. The molecule has 0 atom stereocenters. The average Bonchev–Trinajstić information content (AvgIpc) is 2.55. The van der Waals surface area contributed by atoms with Gasteiger partial charge in [0.1, 0.15) is 5.82 Å². The first-order valence-corrected chi connectivity index (χ1v) is 6.11. The summed E-state index contributed by atoms with van der Waals surface area (Å²) < 4.78 is 0. The molecule has 0 aliphatic carbocycles. The van der Waals surface area contributed by atoms with Gasteiger partial charge in [-0.1, -0.05) is 12.8 Å². The van der Waals surface area contributed by atoms with Gasteiger partial charge in [-0.05, 0) is 25.9 Å². The van der Waals surface area contributed by atoms with E-state index in [0.29, 0.717) is 5.82 Å². The Balaban J connectivity index is 1.69. The van der Waals surface area contributed by atoms with Gasteiger partial charge >= 0.3 is 0 Å². The Hall–Kier alpha value is -1.23. The lowest BCUT2D eigenvalue weighted by Gasteiger charge is -2.19. The van der Waals surface area contributed by atoms with Crippen LogP contribution in [-0.2, 0) is 0 Å². The summed E-state index contributed by atoms with van der Waals surface area (Å²) in [7, 11) is 0. The molecule has 1 aromatic rings. The Morgan fingerprint density at radius 2 is 2.06 bits per heavy atom. The van der Waals surface area contributed by atoms with Gasteiger partial charge in [-0.15, -0.1) is 0 Å². The van der Waals surface area contributed by atoms with Crippen LogP contribution in [0.5, 0.6) is 0 Å². The zero-order chi connectivity index (χ0) is 11.2. The summed E-state index contributed by atoms with van der Waals surface area (Å²) in [5.41, 5.74) is 6.60. The van der Waals surface area contributed by atoms with Gasteiger partial charge in [0, 0.05) is 13.1 Å². The zero-order valence-electron chi connectivity index (χ0n) is 9.71. The number of rotatable bonds is 4. The molecular weight excluding hydrogens is 202 g/mol. The molecule has 1 fully saturated rings. The van der Waals surface area contributed by atoms with E-state index in [-0.39, 0.29) is 0 Å². The number of nitrogens with zero attached hydrogens (tertiary/aromatic N) is 2. The van der Waals surface area contributed by atoms with Gasteiger partial charge in [0.05, 0.1) is 11.9 Å². The predicted molar refractivity (Wildman–Crippen MR) is 66.4 cm³/mol. The molecule has 5 nitrogen and oxygen atoms in total. The van der Waals surface area contributed by atoms with E-state index >= 15 is 0 Å². The van der Waals surface area contributed by atoms with Crippen LogP contribution < -0.4 is 11.1 Å². The standard InChI is InChI=1S/C11H21N5/c12-11-10(9-14-15-11)13-5-8-16-6-3-1-2-4-7-16/h9,13H,1-8H2,(H3,12,14,15). The van der Waals surface area contributed by atoms with E-state index in [0.717, 1.165) is 18.8 Å². The second-order valence-electron chi connectivity index (χ2n) is 4.38. The summed E-state index contributed by atoms with van der Waals surface area (Å²) in [6.45, 7) is 4.50. The van der Waals surface area contributed by atoms with E-state index in [1.54, 1.807) is 6.20 Å². The van der Waals surface area contributed by atoms with Crippen molar-refractivity contribution in [1.29, 1.82) is 0 Å². The molecule has 0 radical (unpaired) electrons. The predicted octanol–water partition coefficient (Wildman–Crippen LogP) is 1.28. The number of hydrogen-bond donors (Lipinski definition) is 3. The largest absolute Gasteiger partial charge is 0.382 e. The van der Waals surface area contributed by atoms with Crippen molar-refractivity contribution in [3.63, 3.8) is 0 Å². The molecule has 1 aliphatic rings. The molecule has 0 unspecified atom stereocenters. The summed E-state index contributed by atoms with van der Waals surface area (Å²) >= 11 is 0. The molecule has 0 aromatic carbocycles. The van der Waals surface area contributed by atoms with Crippen LogP contribution in [0, 0.1) is 0 Å². The van der Waals surface area contributed by atoms with Gasteiger partial charge in [0.2, 0.25) is 0 Å². The first kappa shape index (κ1) is 11.3. The highest BCUT2D eigenvalue weighted by atomic mass is 15.2. The van der Waals surface area contributed by atoms with E-state index in [2.05, 4.69) is 20.4 Å². The summed E-state index contributed by atoms with van der Waals surface area (Å²) in [5.74, 6) is 0.621. The van der Waals surface area contributed by atoms with Gasteiger partial charge in [0.15, 0.2) is 0 Å². The van der Waals surface area contributed by atoms with Crippen molar-refractivity contribution >= 4 is 11.5 Å². The summed E-state index contributed by atoms with van der Waals surface area (Å²) in [6, 6.07) is 0. The lowest BCUT2D eigenvalue weighted by molar-refractivity contribution is 0.296. The Morgan fingerprint density at radius 1 is 1.31 bits per heavy atom. The van der Waals surface area contributed by atoms with Gasteiger partial charge in [-0.3, -0.25) is 5.10 Å². The molecule has 1 aliphatic heterocycles. The van der Waals surface area contributed by atoms with Crippen LogP contribution in [-0.4, -0.2) is 41.3 Å². The van der Waals surface area contributed by atoms with Crippen molar-refractivity contribution in [2.45, 2.75) is 25.7 Å². The van der Waals surface area contributed by atoms with E-state index in [1.165, 1.54) is 38.8 Å². The number of hydrogen-bond acceptors (Lipinski definition) is 4. The second kappa shape index (κ2) is 5.75. The van der Waals surface area contributed by atoms with E-state index in [1.807, 2.05) is 0 Å². The van der Waals surface area contributed by atoms with Crippen molar-refractivity contribution in [3.05, 3.63) is 6.20 Å². The first-order valence-electron chi connectivity index (χ1n) is 6.11. The van der Waals surface area contributed by atoms with Crippen LogP contribution in [0.2, 0.25) is 0 Å². The molecule has 4 N–H and O–H groups in total. The SMILES string of the molecule is Nc1[nH]ncc1NCCN1CCCCCC1. The second-order valence-corrected chi connectivity index (χ2v) is 4.38. The molecule has 2 heterocycles. The fourth-order valence-electron chi connectivity index (χ4n) is 2.15. The van der Waals surface area contributed by atoms with Crippen LogP contribution in [0.15, 0.2) is 6.20 Å². The summed E-state index contributed by atoms with van der Waals surface area (Å²) in [5, 5.41) is 9.89. The fraction of sp³-hybridized carbons (Fsp3) is 0.727. The molecular formula is C11H21N5. The Morgan fingerprint density at radius 3 is 2.69 bits per heavy atom. The van der Waals surface area contributed by atoms with Gasteiger partial charge in [-0.2, -0.15) is 5.10 Å². The summed E-state index contributed by atoms with van der Waals surface area (Å²) in [4.78, 5) is 2.52. The molecule has 0 saturated carbocycles. The highest BCUT2D eigenvalue weighted by Crippen LogP contribution is 2.13. The van der Waals surface area contributed by atoms with E-state index in [9.17, 15) is 0 Å². The number of H-pyrrole nitrogens is 1. The lowest BCUT2D eigenvalue weighted by atomic mass is 10.2. The molecule has 0 bridgehead atoms. The third-order valence-electron chi connectivity index (χ3n) is 3.11. The number of aromatic amines is 1.